The van der Waals surface area contributed by atoms with Crippen molar-refractivity contribution < 1.29 is 0 Å². The Labute approximate surface area is 101 Å². The maximum atomic E-state index is 10.6. The lowest BCUT2D eigenvalue weighted by atomic mass is 10.4. The van der Waals surface area contributed by atoms with E-state index in [9.17, 15) is 14.4 Å². The summed E-state index contributed by atoms with van der Waals surface area (Å²) in [4.78, 5) is 41.5. The zero-order valence-electron chi connectivity index (χ0n) is 9.90. The van der Waals surface area contributed by atoms with Gasteiger partial charge in [0.2, 0.25) is 0 Å². The van der Waals surface area contributed by atoms with Crippen LogP contribution in [0.25, 0.3) is 0 Å². The molecule has 0 aliphatic rings. The molecule has 0 saturated carbocycles. The molecule has 0 spiro atoms. The molecule has 18 heavy (non-hydrogen) atoms. The third-order valence-corrected chi connectivity index (χ3v) is 2.04. The van der Waals surface area contributed by atoms with Gasteiger partial charge in [0.25, 0.3) is 5.56 Å². The van der Waals surface area contributed by atoms with Gasteiger partial charge in [0.1, 0.15) is 5.82 Å². The van der Waals surface area contributed by atoms with E-state index < -0.39 is 11.4 Å². The summed E-state index contributed by atoms with van der Waals surface area (Å²) in [6.07, 6.45) is 2.91. The van der Waals surface area contributed by atoms with Crippen molar-refractivity contribution in [3.63, 3.8) is 0 Å². The van der Waals surface area contributed by atoms with Crippen LogP contribution in [0.3, 0.4) is 0 Å². The summed E-state index contributed by atoms with van der Waals surface area (Å²) in [6, 6.07) is 0. The van der Waals surface area contributed by atoms with Crippen molar-refractivity contribution in [2.75, 3.05) is 5.73 Å². The lowest BCUT2D eigenvalue weighted by Crippen LogP contribution is -2.22. The van der Waals surface area contributed by atoms with Crippen LogP contribution in [0, 0.1) is 13.8 Å². The molecular formula is C10H13N5O3. The van der Waals surface area contributed by atoms with Crippen molar-refractivity contribution in [3.8, 4) is 0 Å². The van der Waals surface area contributed by atoms with E-state index in [0.29, 0.717) is 11.4 Å². The van der Waals surface area contributed by atoms with Crippen molar-refractivity contribution in [3.05, 3.63) is 54.8 Å². The molecule has 0 aromatic carbocycles. The van der Waals surface area contributed by atoms with Gasteiger partial charge >= 0.3 is 11.4 Å². The monoisotopic (exact) mass is 251 g/mol. The largest absolute Gasteiger partial charge is 0.383 e. The molecule has 8 nitrogen and oxygen atoms in total. The number of nitrogens with one attached hydrogen (secondary N) is 3. The summed E-state index contributed by atoms with van der Waals surface area (Å²) in [6.45, 7) is 3.40. The van der Waals surface area contributed by atoms with Crippen LogP contribution in [0.2, 0.25) is 0 Å². The van der Waals surface area contributed by atoms with Crippen molar-refractivity contribution in [1.82, 2.24) is 19.9 Å². The fourth-order valence-corrected chi connectivity index (χ4v) is 0.951. The van der Waals surface area contributed by atoms with Crippen LogP contribution in [-0.4, -0.2) is 19.9 Å². The summed E-state index contributed by atoms with van der Waals surface area (Å²) in [5, 5.41) is 0. The first-order valence-electron chi connectivity index (χ1n) is 5.00. The summed E-state index contributed by atoms with van der Waals surface area (Å²) < 4.78 is 0. The minimum absolute atomic E-state index is 0.291. The van der Waals surface area contributed by atoms with Crippen LogP contribution in [-0.2, 0) is 0 Å². The predicted octanol–water partition coefficient (Wildman–Crippen LogP) is -0.968. The van der Waals surface area contributed by atoms with E-state index in [1.54, 1.807) is 13.8 Å². The molecule has 0 fully saturated rings. The molecule has 2 heterocycles. The molecule has 0 amide bonds. The molecule has 0 aliphatic carbocycles. The Balaban J connectivity index is 0.000000180. The number of hydrogen-bond acceptors (Lipinski definition) is 5. The Bertz CT molecular complexity index is 697. The van der Waals surface area contributed by atoms with E-state index >= 15 is 0 Å². The quantitative estimate of drug-likeness (QED) is 0.477. The Morgan fingerprint density at radius 1 is 1.06 bits per heavy atom. The molecule has 0 unspecified atom stereocenters. The van der Waals surface area contributed by atoms with Crippen LogP contribution in [0.4, 0.5) is 5.82 Å². The second-order valence-corrected chi connectivity index (χ2v) is 3.53. The molecule has 96 valence electrons. The minimum atomic E-state index is -0.467. The zero-order valence-corrected chi connectivity index (χ0v) is 9.90. The number of nitrogens with two attached hydrogens (primary N) is 1. The van der Waals surface area contributed by atoms with Crippen molar-refractivity contribution in [2.24, 2.45) is 0 Å². The topological polar surface area (TPSA) is 137 Å². The number of nitrogens with zero attached hydrogens (tertiary/aromatic N) is 1. The van der Waals surface area contributed by atoms with Crippen molar-refractivity contribution in [1.29, 1.82) is 0 Å². The first kappa shape index (κ1) is 13.4. The lowest BCUT2D eigenvalue weighted by Gasteiger charge is -1.92. The predicted molar refractivity (Wildman–Crippen MR) is 66.4 cm³/mol. The number of nitrogen functional groups attached to an aromatic ring is 1. The number of H-pyrrole nitrogens is 3. The minimum Gasteiger partial charge on any atom is -0.383 e. The van der Waals surface area contributed by atoms with E-state index in [2.05, 4.69) is 19.9 Å². The van der Waals surface area contributed by atoms with Gasteiger partial charge in [-0.3, -0.25) is 9.78 Å². The highest BCUT2D eigenvalue weighted by atomic mass is 16.2. The van der Waals surface area contributed by atoms with Gasteiger partial charge in [0.05, 0.1) is 0 Å². The number of anilines is 1. The van der Waals surface area contributed by atoms with Crippen LogP contribution < -0.4 is 22.7 Å². The maximum absolute atomic E-state index is 10.6. The fraction of sp³-hybridized carbons (Fsp3) is 0.200. The van der Waals surface area contributed by atoms with Crippen LogP contribution in [0.1, 0.15) is 11.1 Å². The van der Waals surface area contributed by atoms with Crippen LogP contribution >= 0.6 is 0 Å². The number of rotatable bonds is 0. The second kappa shape index (κ2) is 5.62. The third-order valence-electron chi connectivity index (χ3n) is 2.04. The summed E-state index contributed by atoms with van der Waals surface area (Å²) in [7, 11) is 0. The van der Waals surface area contributed by atoms with Gasteiger partial charge < -0.3 is 15.7 Å². The standard InChI is InChI=1S/C5H7N3O.C5H6N2O2/c1-3-2-7-5(9)8-4(3)6;1-3-2-6-5(9)7-4(3)8/h2H,1H3,(H3,6,7,8,9);2H,1H3,(H2,6,7,8,9). The molecule has 2 rings (SSSR count). The Kier molecular flexibility index (Phi) is 4.19. The van der Waals surface area contributed by atoms with Crippen molar-refractivity contribution in [2.45, 2.75) is 13.8 Å². The molecule has 2 aromatic heterocycles. The molecule has 5 N–H and O–H groups in total. The normalized spacial score (nSPS) is 9.44. The second-order valence-electron chi connectivity index (χ2n) is 3.53. The summed E-state index contributed by atoms with van der Waals surface area (Å²) in [5.41, 5.74) is 5.38. The number of aromatic amines is 3. The molecule has 8 heteroatoms. The smallest absolute Gasteiger partial charge is 0.346 e. The van der Waals surface area contributed by atoms with Crippen LogP contribution in [0.15, 0.2) is 26.8 Å². The Morgan fingerprint density at radius 2 is 1.67 bits per heavy atom. The van der Waals surface area contributed by atoms with E-state index in [1.807, 2.05) is 0 Å². The van der Waals surface area contributed by atoms with Crippen molar-refractivity contribution >= 4 is 5.82 Å². The average Bonchev–Trinajstić information content (AvgIpc) is 2.30. The molecule has 0 bridgehead atoms. The van der Waals surface area contributed by atoms with Crippen LogP contribution in [0.5, 0.6) is 0 Å². The SMILES string of the molecule is Cc1c[nH]c(=O)[nH]c1=O.Cc1c[nH]c(=O)nc1N. The van der Waals surface area contributed by atoms with E-state index in [0.717, 1.165) is 5.56 Å². The van der Waals surface area contributed by atoms with Gasteiger partial charge in [-0.2, -0.15) is 4.98 Å². The zero-order chi connectivity index (χ0) is 13.7. The van der Waals surface area contributed by atoms with Gasteiger partial charge in [-0.15, -0.1) is 0 Å². The first-order valence-corrected chi connectivity index (χ1v) is 5.00. The summed E-state index contributed by atoms with van der Waals surface area (Å²) in [5.74, 6) is 0.291. The molecule has 2 aromatic rings. The maximum Gasteiger partial charge on any atom is 0.346 e. The highest BCUT2D eigenvalue weighted by molar-refractivity contribution is 5.34. The number of hydrogen-bond donors (Lipinski definition) is 4. The third kappa shape index (κ3) is 3.74. The Hall–Kier alpha value is -2.64. The molecule has 0 atom stereocenters. The highest BCUT2D eigenvalue weighted by Gasteiger charge is 1.91. The molecule has 0 aliphatic heterocycles. The summed E-state index contributed by atoms with van der Waals surface area (Å²) >= 11 is 0. The van der Waals surface area contributed by atoms with Gasteiger partial charge in [-0.1, -0.05) is 0 Å². The number of aromatic nitrogens is 4. The van der Waals surface area contributed by atoms with Gasteiger partial charge in [-0.05, 0) is 13.8 Å². The van der Waals surface area contributed by atoms with E-state index in [1.165, 1.54) is 12.4 Å². The first-order chi connectivity index (χ1) is 8.40. The molecule has 0 saturated heterocycles. The van der Waals surface area contributed by atoms with E-state index in [-0.39, 0.29) is 5.56 Å². The Morgan fingerprint density at radius 3 is 2.11 bits per heavy atom. The fourth-order valence-electron chi connectivity index (χ4n) is 0.951. The van der Waals surface area contributed by atoms with E-state index in [4.69, 9.17) is 5.73 Å². The van der Waals surface area contributed by atoms with Gasteiger partial charge in [-0.25, -0.2) is 9.59 Å². The molecule has 0 radical (unpaired) electrons. The highest BCUT2D eigenvalue weighted by Crippen LogP contribution is 1.97. The van der Waals surface area contributed by atoms with Gasteiger partial charge in [0, 0.05) is 23.5 Å². The van der Waals surface area contributed by atoms with Gasteiger partial charge in [0.15, 0.2) is 0 Å². The average molecular weight is 251 g/mol. The lowest BCUT2D eigenvalue weighted by molar-refractivity contribution is 1.01. The number of aryl methyl sites for hydroxylation is 2. The molecular weight excluding hydrogens is 238 g/mol.